The Hall–Kier alpha value is -3.40. The number of carboxylic acids is 1. The molecule has 0 aliphatic heterocycles. The van der Waals surface area contributed by atoms with Gasteiger partial charge in [0, 0.05) is 23.5 Å². The van der Waals surface area contributed by atoms with Gasteiger partial charge >= 0.3 is 5.97 Å². The fourth-order valence-corrected chi connectivity index (χ4v) is 3.65. The van der Waals surface area contributed by atoms with Crippen molar-refractivity contribution in [3.63, 3.8) is 0 Å². The SMILES string of the molecule is CC(C)CC(N)C(=O)NC(Cc1c[nH]c2ccccc12)C(=O)NCC(=O)NC(C(=O)O)C(C)C. The topological polar surface area (TPSA) is 166 Å². The number of nitrogens with one attached hydrogen (secondary N) is 4. The number of nitrogens with two attached hydrogens (primary N) is 1. The van der Waals surface area contributed by atoms with Gasteiger partial charge in [0.15, 0.2) is 0 Å². The van der Waals surface area contributed by atoms with Crippen LogP contribution in [-0.2, 0) is 25.6 Å². The molecule has 3 unspecified atom stereocenters. The minimum absolute atomic E-state index is 0.182. The molecular formula is C24H35N5O5. The predicted octanol–water partition coefficient (Wildman–Crippen LogP) is 0.910. The summed E-state index contributed by atoms with van der Waals surface area (Å²) < 4.78 is 0. The highest BCUT2D eigenvalue weighted by Gasteiger charge is 2.27. The molecule has 1 heterocycles. The largest absolute Gasteiger partial charge is 0.480 e. The van der Waals surface area contributed by atoms with E-state index in [2.05, 4.69) is 20.9 Å². The predicted molar refractivity (Wildman–Crippen MR) is 129 cm³/mol. The van der Waals surface area contributed by atoms with Gasteiger partial charge < -0.3 is 31.8 Å². The van der Waals surface area contributed by atoms with E-state index in [1.54, 1.807) is 20.0 Å². The molecule has 0 saturated carbocycles. The van der Waals surface area contributed by atoms with E-state index in [-0.39, 0.29) is 18.3 Å². The Morgan fingerprint density at radius 2 is 1.71 bits per heavy atom. The maximum atomic E-state index is 13.0. The third kappa shape index (κ3) is 7.58. The maximum absolute atomic E-state index is 13.0. The molecule has 3 atom stereocenters. The van der Waals surface area contributed by atoms with Gasteiger partial charge in [0.2, 0.25) is 17.7 Å². The molecule has 34 heavy (non-hydrogen) atoms. The number of H-pyrrole nitrogens is 1. The van der Waals surface area contributed by atoms with Gasteiger partial charge in [-0.1, -0.05) is 45.9 Å². The van der Waals surface area contributed by atoms with Gasteiger partial charge in [-0.2, -0.15) is 0 Å². The summed E-state index contributed by atoms with van der Waals surface area (Å²) in [5, 5.41) is 17.8. The van der Waals surface area contributed by atoms with Crippen LogP contribution >= 0.6 is 0 Å². The van der Waals surface area contributed by atoms with Gasteiger partial charge in [-0.05, 0) is 29.9 Å². The van der Waals surface area contributed by atoms with Crippen LogP contribution in [0.25, 0.3) is 10.9 Å². The summed E-state index contributed by atoms with van der Waals surface area (Å²) in [5.41, 5.74) is 7.71. The number of aromatic nitrogens is 1. The standard InChI is InChI=1S/C24H35N5O5/c1-13(2)9-17(25)22(31)28-19(10-15-11-26-18-8-6-5-7-16(15)18)23(32)27-12-20(30)29-21(14(3)4)24(33)34/h5-8,11,13-14,17,19,21,26H,9-10,12,25H2,1-4H3,(H,27,32)(H,28,31)(H,29,30)(H,33,34). The van der Waals surface area contributed by atoms with Crippen LogP contribution in [0.15, 0.2) is 30.5 Å². The second-order valence-corrected chi connectivity index (χ2v) is 9.21. The average molecular weight is 474 g/mol. The van der Waals surface area contributed by atoms with Gasteiger partial charge in [0.1, 0.15) is 12.1 Å². The number of rotatable bonds is 12. The van der Waals surface area contributed by atoms with E-state index >= 15 is 0 Å². The second-order valence-electron chi connectivity index (χ2n) is 9.21. The second kappa shape index (κ2) is 12.2. The summed E-state index contributed by atoms with van der Waals surface area (Å²) in [6.45, 7) is 6.82. The zero-order valence-corrected chi connectivity index (χ0v) is 20.1. The molecule has 0 aliphatic carbocycles. The molecule has 7 N–H and O–H groups in total. The number of carbonyl (C=O) groups is 4. The van der Waals surface area contributed by atoms with Crippen LogP contribution < -0.4 is 21.7 Å². The molecule has 0 aliphatic rings. The Morgan fingerprint density at radius 3 is 2.32 bits per heavy atom. The van der Waals surface area contributed by atoms with Crippen LogP contribution in [0.5, 0.6) is 0 Å². The molecule has 186 valence electrons. The Bertz CT molecular complexity index is 1020. The van der Waals surface area contributed by atoms with Crippen molar-refractivity contribution in [2.24, 2.45) is 17.6 Å². The van der Waals surface area contributed by atoms with E-state index in [1.807, 2.05) is 38.1 Å². The Kier molecular flexibility index (Phi) is 9.61. The van der Waals surface area contributed by atoms with Gasteiger partial charge in [0.05, 0.1) is 12.6 Å². The lowest BCUT2D eigenvalue weighted by Gasteiger charge is -2.22. The van der Waals surface area contributed by atoms with E-state index in [4.69, 9.17) is 5.73 Å². The Morgan fingerprint density at radius 1 is 1.03 bits per heavy atom. The lowest BCUT2D eigenvalue weighted by molar-refractivity contribution is -0.143. The third-order valence-electron chi connectivity index (χ3n) is 5.47. The molecule has 1 aromatic heterocycles. The van der Waals surface area contributed by atoms with Crippen molar-refractivity contribution in [1.82, 2.24) is 20.9 Å². The smallest absolute Gasteiger partial charge is 0.326 e. The van der Waals surface area contributed by atoms with Crippen LogP contribution in [-0.4, -0.2) is 58.5 Å². The molecule has 0 spiro atoms. The zero-order chi connectivity index (χ0) is 25.4. The van der Waals surface area contributed by atoms with Crippen molar-refractivity contribution in [1.29, 1.82) is 0 Å². The summed E-state index contributed by atoms with van der Waals surface area (Å²) >= 11 is 0. The van der Waals surface area contributed by atoms with Gasteiger partial charge in [-0.25, -0.2) is 4.79 Å². The lowest BCUT2D eigenvalue weighted by Crippen LogP contribution is -2.54. The Balaban J connectivity index is 2.12. The quantitative estimate of drug-likeness (QED) is 0.268. The number of amides is 3. The molecule has 0 fully saturated rings. The first kappa shape index (κ1) is 26.8. The minimum Gasteiger partial charge on any atom is -0.480 e. The third-order valence-corrected chi connectivity index (χ3v) is 5.47. The minimum atomic E-state index is -1.15. The molecule has 2 aromatic rings. The maximum Gasteiger partial charge on any atom is 0.326 e. The molecule has 0 bridgehead atoms. The van der Waals surface area contributed by atoms with Crippen molar-refractivity contribution in [2.45, 2.75) is 58.7 Å². The summed E-state index contributed by atoms with van der Waals surface area (Å²) in [4.78, 5) is 52.3. The van der Waals surface area contributed by atoms with Crippen LogP contribution in [0, 0.1) is 11.8 Å². The molecule has 0 saturated heterocycles. The molecular weight excluding hydrogens is 438 g/mol. The molecule has 2 rings (SSSR count). The number of carbonyl (C=O) groups excluding carboxylic acids is 3. The normalized spacial score (nSPS) is 14.0. The van der Waals surface area contributed by atoms with Gasteiger partial charge in [-0.3, -0.25) is 14.4 Å². The molecule has 10 nitrogen and oxygen atoms in total. The summed E-state index contributed by atoms with van der Waals surface area (Å²) in [5.74, 6) is -2.94. The van der Waals surface area contributed by atoms with Gasteiger partial charge in [-0.15, -0.1) is 0 Å². The monoisotopic (exact) mass is 473 g/mol. The number of aliphatic carboxylic acids is 1. The summed E-state index contributed by atoms with van der Waals surface area (Å²) in [6.07, 6.45) is 2.42. The van der Waals surface area contributed by atoms with Crippen LogP contribution in [0.4, 0.5) is 0 Å². The lowest BCUT2D eigenvalue weighted by atomic mass is 10.0. The highest BCUT2D eigenvalue weighted by Crippen LogP contribution is 2.19. The van der Waals surface area contributed by atoms with Crippen LogP contribution in [0.1, 0.15) is 39.7 Å². The first-order chi connectivity index (χ1) is 16.0. The fourth-order valence-electron chi connectivity index (χ4n) is 3.65. The van der Waals surface area contributed by atoms with E-state index < -0.39 is 48.4 Å². The molecule has 0 radical (unpaired) electrons. The van der Waals surface area contributed by atoms with Crippen molar-refractivity contribution in [3.8, 4) is 0 Å². The van der Waals surface area contributed by atoms with E-state index in [0.717, 1.165) is 16.5 Å². The molecule has 1 aromatic carbocycles. The number of benzene rings is 1. The summed E-state index contributed by atoms with van der Waals surface area (Å²) in [7, 11) is 0. The number of fused-ring (bicyclic) bond motifs is 1. The van der Waals surface area contributed by atoms with E-state index in [0.29, 0.717) is 6.42 Å². The molecule has 3 amide bonds. The number of aromatic amines is 1. The highest BCUT2D eigenvalue weighted by molar-refractivity contribution is 5.93. The van der Waals surface area contributed by atoms with E-state index in [9.17, 15) is 24.3 Å². The number of para-hydroxylation sites is 1. The van der Waals surface area contributed by atoms with Crippen LogP contribution in [0.2, 0.25) is 0 Å². The van der Waals surface area contributed by atoms with Crippen molar-refractivity contribution in [2.75, 3.05) is 6.54 Å². The first-order valence-electron chi connectivity index (χ1n) is 11.4. The average Bonchev–Trinajstić information content (AvgIpc) is 3.17. The number of hydrogen-bond donors (Lipinski definition) is 6. The zero-order valence-electron chi connectivity index (χ0n) is 20.1. The van der Waals surface area contributed by atoms with Crippen LogP contribution in [0.3, 0.4) is 0 Å². The summed E-state index contributed by atoms with van der Waals surface area (Å²) in [6, 6.07) is 4.77. The van der Waals surface area contributed by atoms with Crippen molar-refractivity contribution in [3.05, 3.63) is 36.0 Å². The van der Waals surface area contributed by atoms with E-state index in [1.165, 1.54) is 0 Å². The van der Waals surface area contributed by atoms with Crippen molar-refractivity contribution < 1.29 is 24.3 Å². The van der Waals surface area contributed by atoms with Gasteiger partial charge in [0.25, 0.3) is 0 Å². The fraction of sp³-hybridized carbons (Fsp3) is 0.500. The molecule has 10 heteroatoms. The first-order valence-corrected chi connectivity index (χ1v) is 11.4. The Labute approximate surface area is 199 Å². The highest BCUT2D eigenvalue weighted by atomic mass is 16.4. The number of hydrogen-bond acceptors (Lipinski definition) is 5. The number of carboxylic acid groups (broad SMARTS) is 1. The van der Waals surface area contributed by atoms with Crippen molar-refractivity contribution >= 4 is 34.6 Å².